The van der Waals surface area contributed by atoms with E-state index in [2.05, 4.69) is 25.7 Å². The molecular weight excluding hydrogens is 745 g/mol. The minimum atomic E-state index is -4.60. The molecule has 56 heavy (non-hydrogen) atoms. The van der Waals surface area contributed by atoms with Crippen LogP contribution in [0, 0.1) is 29.5 Å². The van der Waals surface area contributed by atoms with E-state index in [1.54, 1.807) is 29.2 Å². The van der Waals surface area contributed by atoms with Gasteiger partial charge < -0.3 is 15.6 Å². The zero-order valence-corrected chi connectivity index (χ0v) is 33.3. The molecule has 9 nitrogen and oxygen atoms in total. The molecule has 302 valence electrons. The van der Waals surface area contributed by atoms with Crippen molar-refractivity contribution >= 4 is 45.6 Å². The average molecular weight is 797 g/mol. The minimum absolute atomic E-state index is 0.00573. The van der Waals surface area contributed by atoms with Crippen molar-refractivity contribution in [1.29, 1.82) is 0 Å². The Morgan fingerprint density at radius 2 is 1.73 bits per heavy atom. The number of H-pyrrole nitrogens is 1. The summed E-state index contributed by atoms with van der Waals surface area (Å²) in [6, 6.07) is 9.99. The number of aromatic nitrogens is 4. The molecule has 5 rings (SSSR count). The first-order valence-electron chi connectivity index (χ1n) is 19.6. The predicted molar refractivity (Wildman–Crippen MR) is 211 cm³/mol. The number of fused-ring (bicyclic) bond motifs is 3. The van der Waals surface area contributed by atoms with Crippen molar-refractivity contribution in [3.8, 4) is 0 Å². The second kappa shape index (κ2) is 18.7. The minimum Gasteiger partial charge on any atom is -0.379 e. The number of para-hydroxylation sites is 1. The van der Waals surface area contributed by atoms with Gasteiger partial charge >= 0.3 is 6.18 Å². The van der Waals surface area contributed by atoms with Crippen LogP contribution in [0.3, 0.4) is 0 Å². The number of hydrogen-bond donors (Lipinski definition) is 3. The highest BCUT2D eigenvalue weighted by molar-refractivity contribution is 7.80. The van der Waals surface area contributed by atoms with Crippen LogP contribution >= 0.6 is 12.2 Å². The first-order chi connectivity index (χ1) is 26.7. The van der Waals surface area contributed by atoms with E-state index in [0.29, 0.717) is 41.1 Å². The summed E-state index contributed by atoms with van der Waals surface area (Å²) in [4.78, 5) is 50.3. The number of nitrogens with one attached hydrogen (secondary N) is 3. The number of carbonyl (C=O) groups is 3. The summed E-state index contributed by atoms with van der Waals surface area (Å²) >= 11 is 5.90. The molecule has 4 aromatic rings. The molecule has 5 atom stereocenters. The van der Waals surface area contributed by atoms with Gasteiger partial charge in [0.05, 0.1) is 16.1 Å². The number of thiocarbonyl (C=S) groups is 1. The number of nitrogens with zero attached hydrogens (tertiary/aromatic N) is 3. The lowest BCUT2D eigenvalue weighted by Gasteiger charge is -2.40. The number of ketones is 2. The van der Waals surface area contributed by atoms with Crippen LogP contribution in [0.1, 0.15) is 95.0 Å². The van der Waals surface area contributed by atoms with Crippen LogP contribution < -0.4 is 10.6 Å². The molecule has 2 heterocycles. The Kier molecular flexibility index (Phi) is 14.2. The summed E-state index contributed by atoms with van der Waals surface area (Å²) in [5, 5.41) is 10.9. The maximum absolute atomic E-state index is 14.9. The molecule has 14 heteroatoms. The van der Waals surface area contributed by atoms with E-state index >= 15 is 0 Å². The number of halogens is 4. The molecule has 0 aliphatic heterocycles. The lowest BCUT2D eigenvalue weighted by Crippen LogP contribution is -2.60. The number of Topliss-reactive ketones (excluding diaryl/α,β-unsaturated/α-hetero) is 2. The Labute approximate surface area is 330 Å². The lowest BCUT2D eigenvalue weighted by atomic mass is 9.72. The smallest absolute Gasteiger partial charge is 0.379 e. The number of benzene rings is 2. The van der Waals surface area contributed by atoms with Gasteiger partial charge in [-0.1, -0.05) is 83.1 Å². The molecule has 3 N–H and O–H groups in total. The fourth-order valence-electron chi connectivity index (χ4n) is 7.78. The molecule has 1 aliphatic carbocycles. The number of alkyl halides is 3. The normalized spacial score (nSPS) is 17.8. The van der Waals surface area contributed by atoms with Crippen molar-refractivity contribution in [2.45, 2.75) is 110 Å². The third-order valence-corrected chi connectivity index (χ3v) is 12.1. The Morgan fingerprint density at radius 3 is 2.41 bits per heavy atom. The van der Waals surface area contributed by atoms with Crippen molar-refractivity contribution in [2.75, 3.05) is 6.54 Å². The maximum Gasteiger partial charge on any atom is 0.418 e. The van der Waals surface area contributed by atoms with Crippen LogP contribution in [0.2, 0.25) is 0 Å². The summed E-state index contributed by atoms with van der Waals surface area (Å²) in [5.74, 6) is -3.00. The van der Waals surface area contributed by atoms with Gasteiger partial charge in [0, 0.05) is 61.7 Å². The quantitative estimate of drug-likeness (QED) is 0.0498. The highest BCUT2D eigenvalue weighted by Gasteiger charge is 2.46. The molecule has 0 bridgehead atoms. The molecule has 0 saturated carbocycles. The Morgan fingerprint density at radius 1 is 1.00 bits per heavy atom. The van der Waals surface area contributed by atoms with E-state index < -0.39 is 34.9 Å². The van der Waals surface area contributed by atoms with Crippen LogP contribution in [-0.4, -0.2) is 54.3 Å². The van der Waals surface area contributed by atoms with Crippen molar-refractivity contribution < 1.29 is 31.9 Å². The number of carbonyl (C=O) groups excluding carboxylic acids is 3. The molecular formula is C42H52F4N6O3S. The molecule has 0 fully saturated rings. The highest BCUT2D eigenvalue weighted by atomic mass is 32.1. The van der Waals surface area contributed by atoms with E-state index in [1.165, 1.54) is 24.5 Å². The first-order valence-corrected chi connectivity index (χ1v) is 20.0. The van der Waals surface area contributed by atoms with Crippen molar-refractivity contribution in [1.82, 2.24) is 30.4 Å². The molecule has 2 aromatic carbocycles. The first kappa shape index (κ1) is 42.7. The summed E-state index contributed by atoms with van der Waals surface area (Å²) in [7, 11) is 0. The molecule has 1 aliphatic rings. The van der Waals surface area contributed by atoms with Gasteiger partial charge in [-0.15, -0.1) is 0 Å². The summed E-state index contributed by atoms with van der Waals surface area (Å²) in [5.41, 5.74) is -0.954. The van der Waals surface area contributed by atoms with Crippen LogP contribution in [0.15, 0.2) is 55.1 Å². The van der Waals surface area contributed by atoms with Crippen molar-refractivity contribution in [3.63, 3.8) is 0 Å². The molecule has 0 saturated heterocycles. The average Bonchev–Trinajstić information content (AvgIpc) is 3.83. The van der Waals surface area contributed by atoms with Gasteiger partial charge in [0.2, 0.25) is 5.91 Å². The van der Waals surface area contributed by atoms with Crippen molar-refractivity contribution in [3.05, 3.63) is 83.3 Å². The molecule has 0 spiro atoms. The summed E-state index contributed by atoms with van der Waals surface area (Å²) in [6.07, 6.45) is 1.48. The second-order valence-corrected chi connectivity index (χ2v) is 15.8. The standard InChI is InChI=1S/C42H52F4N6O3S/c1-5-26(3)31(21-29(53)20-28-12-7-8-15-35(28)43)39(55)51-41(17-16-36-33(23-41)30-13-11-14-34(38(30)50-36)42(44,45)46)37(54)22-32(27(4)6-2)40(56)48-18-9-10-19-52-25-47-24-49-52/h7-8,11-15,24-27,31-32,50H,5-6,9-10,16-23H2,1-4H3,(H,48,56)(H,51,55)/t26?,27?,31-,32-,41+/m0/s1. The Balaban J connectivity index is 1.43. The number of aromatic amines is 1. The van der Waals surface area contributed by atoms with E-state index in [0.717, 1.165) is 25.3 Å². The predicted octanol–water partition coefficient (Wildman–Crippen LogP) is 8.14. The Hall–Kier alpha value is -4.46. The van der Waals surface area contributed by atoms with Gasteiger partial charge in [0.1, 0.15) is 29.8 Å². The lowest BCUT2D eigenvalue weighted by molar-refractivity contribution is -0.137. The highest BCUT2D eigenvalue weighted by Crippen LogP contribution is 2.41. The zero-order valence-electron chi connectivity index (χ0n) is 32.5. The molecule has 2 aromatic heterocycles. The van der Waals surface area contributed by atoms with Gasteiger partial charge in [0.15, 0.2) is 5.78 Å². The van der Waals surface area contributed by atoms with Gasteiger partial charge in [0.25, 0.3) is 0 Å². The van der Waals surface area contributed by atoms with Crippen molar-refractivity contribution in [2.24, 2.45) is 23.7 Å². The van der Waals surface area contributed by atoms with Gasteiger partial charge in [-0.2, -0.15) is 18.3 Å². The number of hydrogen-bond acceptors (Lipinski definition) is 6. The third-order valence-electron chi connectivity index (χ3n) is 11.6. The maximum atomic E-state index is 14.9. The van der Waals surface area contributed by atoms with E-state index in [1.807, 2.05) is 27.7 Å². The van der Waals surface area contributed by atoms with Gasteiger partial charge in [-0.25, -0.2) is 9.37 Å². The van der Waals surface area contributed by atoms with Crippen LogP contribution in [0.25, 0.3) is 10.9 Å². The monoisotopic (exact) mass is 796 g/mol. The van der Waals surface area contributed by atoms with Crippen LogP contribution in [0.5, 0.6) is 0 Å². The van der Waals surface area contributed by atoms with E-state index in [4.69, 9.17) is 12.2 Å². The fourth-order valence-corrected chi connectivity index (χ4v) is 8.20. The van der Waals surface area contributed by atoms with Crippen LogP contribution in [0.4, 0.5) is 17.6 Å². The zero-order chi connectivity index (χ0) is 40.6. The molecule has 1 amide bonds. The number of amides is 1. The second-order valence-electron chi connectivity index (χ2n) is 15.3. The van der Waals surface area contributed by atoms with Gasteiger partial charge in [-0.05, 0) is 60.8 Å². The number of aryl methyl sites for hydroxylation is 2. The van der Waals surface area contributed by atoms with Crippen LogP contribution in [-0.2, 0) is 46.4 Å². The van der Waals surface area contributed by atoms with E-state index in [9.17, 15) is 31.9 Å². The largest absolute Gasteiger partial charge is 0.418 e. The topological polar surface area (TPSA) is 122 Å². The molecule has 0 radical (unpaired) electrons. The molecule has 2 unspecified atom stereocenters. The Bertz CT molecular complexity index is 2000. The fraction of sp³-hybridized carbons (Fsp3) is 0.524. The van der Waals surface area contributed by atoms with E-state index in [-0.39, 0.29) is 78.9 Å². The number of unbranched alkanes of at least 4 members (excludes halogenated alkanes) is 1. The number of rotatable bonds is 19. The SMILES string of the molecule is CCC(C)[C@H](CC(=O)Cc1ccccc1F)C(=O)N[C@]1(C(=O)C[C@H](C(=S)NCCCCn2cncn2)C(C)CC)CCc2[nH]c3c(C(F)(F)F)cccc3c2C1. The van der Waals surface area contributed by atoms with Gasteiger partial charge in [-0.3, -0.25) is 19.1 Å². The summed E-state index contributed by atoms with van der Waals surface area (Å²) < 4.78 is 58.6. The third kappa shape index (κ3) is 10.1. The summed E-state index contributed by atoms with van der Waals surface area (Å²) in [6.45, 7) is 9.11.